The fraction of sp³-hybridized carbons (Fsp3) is 0.667. The van der Waals surface area contributed by atoms with Crippen LogP contribution in [0.2, 0.25) is 0 Å². The lowest BCUT2D eigenvalue weighted by molar-refractivity contribution is 0.300. The average molecular weight is 367 g/mol. The van der Waals surface area contributed by atoms with Gasteiger partial charge in [-0.05, 0) is 84.7 Å². The molecule has 0 bridgehead atoms. The second-order valence-electron chi connectivity index (χ2n) is 6.80. The van der Waals surface area contributed by atoms with Crippen LogP contribution in [0.5, 0.6) is 5.75 Å². The molecule has 2 unspecified atom stereocenters. The van der Waals surface area contributed by atoms with Gasteiger partial charge in [-0.2, -0.15) is 0 Å². The Kier molecular flexibility index (Phi) is 5.10. The number of fused-ring (bicyclic) bond motifs is 1. The summed E-state index contributed by atoms with van der Waals surface area (Å²) in [5.41, 5.74) is 10.4. The van der Waals surface area contributed by atoms with Crippen molar-refractivity contribution < 1.29 is 4.74 Å². The van der Waals surface area contributed by atoms with Gasteiger partial charge in [0.2, 0.25) is 0 Å². The van der Waals surface area contributed by atoms with Gasteiger partial charge in [-0.15, -0.1) is 0 Å². The average Bonchev–Trinajstić information content (AvgIpc) is 2.72. The Bertz CT molecular complexity index is 546. The van der Waals surface area contributed by atoms with E-state index in [4.69, 9.17) is 10.5 Å². The Labute approximate surface area is 142 Å². The summed E-state index contributed by atoms with van der Waals surface area (Å²) in [6.07, 6.45) is 7.46. The zero-order valence-corrected chi connectivity index (χ0v) is 15.3. The van der Waals surface area contributed by atoms with Crippen LogP contribution in [0.15, 0.2) is 10.5 Å². The number of hydrogen-bond acceptors (Lipinski definition) is 3. The van der Waals surface area contributed by atoms with Crippen molar-refractivity contribution in [2.24, 2.45) is 11.7 Å². The topological polar surface area (TPSA) is 38.5 Å². The maximum absolute atomic E-state index is 5.93. The van der Waals surface area contributed by atoms with Crippen molar-refractivity contribution in [2.75, 3.05) is 27.2 Å². The van der Waals surface area contributed by atoms with Gasteiger partial charge in [0, 0.05) is 18.2 Å². The van der Waals surface area contributed by atoms with Gasteiger partial charge < -0.3 is 10.5 Å². The highest BCUT2D eigenvalue weighted by atomic mass is 79.9. The molecule has 1 saturated heterocycles. The molecule has 0 amide bonds. The molecule has 0 saturated carbocycles. The van der Waals surface area contributed by atoms with Crippen LogP contribution in [-0.2, 0) is 12.8 Å². The van der Waals surface area contributed by atoms with Crippen molar-refractivity contribution in [1.82, 2.24) is 4.90 Å². The minimum absolute atomic E-state index is 0.438. The van der Waals surface area contributed by atoms with Crippen molar-refractivity contribution in [3.05, 3.63) is 27.2 Å². The molecule has 4 heteroatoms. The van der Waals surface area contributed by atoms with Crippen molar-refractivity contribution >= 4 is 15.9 Å². The number of ether oxygens (including phenoxy) is 1. The van der Waals surface area contributed by atoms with Crippen LogP contribution in [0, 0.1) is 5.92 Å². The number of aryl methyl sites for hydroxylation is 1. The van der Waals surface area contributed by atoms with Crippen molar-refractivity contribution in [3.8, 4) is 5.75 Å². The molecular formula is C18H27BrN2O. The van der Waals surface area contributed by atoms with Crippen LogP contribution in [0.25, 0.3) is 0 Å². The number of benzene rings is 1. The van der Waals surface area contributed by atoms with Crippen LogP contribution >= 0.6 is 15.9 Å². The summed E-state index contributed by atoms with van der Waals surface area (Å²) in [6, 6.07) is 2.73. The van der Waals surface area contributed by atoms with Crippen LogP contribution in [-0.4, -0.2) is 32.1 Å². The summed E-state index contributed by atoms with van der Waals surface area (Å²) >= 11 is 3.74. The van der Waals surface area contributed by atoms with Gasteiger partial charge in [0.15, 0.2) is 0 Å². The molecule has 122 valence electrons. The van der Waals surface area contributed by atoms with E-state index >= 15 is 0 Å². The number of hydrogen-bond donors (Lipinski definition) is 1. The molecule has 2 N–H and O–H groups in total. The Morgan fingerprint density at radius 3 is 2.77 bits per heavy atom. The van der Waals surface area contributed by atoms with E-state index in [0.717, 1.165) is 29.7 Å². The molecule has 1 aromatic rings. The Morgan fingerprint density at radius 2 is 2.09 bits per heavy atom. The van der Waals surface area contributed by atoms with Gasteiger partial charge in [0.25, 0.3) is 0 Å². The van der Waals surface area contributed by atoms with Crippen LogP contribution < -0.4 is 10.5 Å². The molecule has 0 aromatic heterocycles. The van der Waals surface area contributed by atoms with Gasteiger partial charge >= 0.3 is 0 Å². The molecular weight excluding hydrogens is 340 g/mol. The zero-order valence-electron chi connectivity index (χ0n) is 13.7. The highest BCUT2D eigenvalue weighted by Gasteiger charge is 2.34. The second kappa shape index (κ2) is 6.90. The molecule has 1 aromatic carbocycles. The number of nitrogens with zero attached hydrogens (tertiary/aromatic N) is 1. The maximum atomic E-state index is 5.93. The summed E-state index contributed by atoms with van der Waals surface area (Å²) in [7, 11) is 4.02. The highest BCUT2D eigenvalue weighted by molar-refractivity contribution is 9.10. The molecule has 1 aliphatic heterocycles. The predicted octanol–water partition coefficient (Wildman–Crippen LogP) is 3.68. The molecule has 1 fully saturated rings. The first-order chi connectivity index (χ1) is 10.7. The van der Waals surface area contributed by atoms with Crippen LogP contribution in [0.1, 0.15) is 48.4 Å². The summed E-state index contributed by atoms with van der Waals surface area (Å²) in [5.74, 6) is 1.63. The molecule has 22 heavy (non-hydrogen) atoms. The van der Waals surface area contributed by atoms with E-state index in [1.54, 1.807) is 12.7 Å². The number of rotatable bonds is 3. The normalized spacial score (nSPS) is 25.8. The van der Waals surface area contributed by atoms with Gasteiger partial charge in [-0.3, -0.25) is 4.90 Å². The minimum atomic E-state index is 0.438. The SMILES string of the molecule is COc1c(Br)cc2c(c1C1CC(CN)CN1C)CCCCC2. The van der Waals surface area contributed by atoms with Crippen molar-refractivity contribution in [3.63, 3.8) is 0 Å². The molecule has 3 rings (SSSR count). The molecule has 2 atom stereocenters. The van der Waals surface area contributed by atoms with E-state index < -0.39 is 0 Å². The van der Waals surface area contributed by atoms with E-state index in [1.165, 1.54) is 43.2 Å². The van der Waals surface area contributed by atoms with Crippen LogP contribution in [0.4, 0.5) is 0 Å². The summed E-state index contributed by atoms with van der Waals surface area (Å²) in [6.45, 7) is 1.87. The largest absolute Gasteiger partial charge is 0.495 e. The first kappa shape index (κ1) is 16.3. The summed E-state index contributed by atoms with van der Waals surface area (Å²) < 4.78 is 6.91. The Morgan fingerprint density at radius 1 is 1.32 bits per heavy atom. The van der Waals surface area contributed by atoms with E-state index in [2.05, 4.69) is 33.9 Å². The molecule has 1 heterocycles. The van der Waals surface area contributed by atoms with Crippen molar-refractivity contribution in [2.45, 2.75) is 44.6 Å². The molecule has 0 radical (unpaired) electrons. The summed E-state index contributed by atoms with van der Waals surface area (Å²) in [4.78, 5) is 2.47. The van der Waals surface area contributed by atoms with E-state index in [-0.39, 0.29) is 0 Å². The number of halogens is 1. The third-order valence-electron chi connectivity index (χ3n) is 5.35. The van der Waals surface area contributed by atoms with E-state index in [0.29, 0.717) is 12.0 Å². The highest BCUT2D eigenvalue weighted by Crippen LogP contribution is 2.45. The van der Waals surface area contributed by atoms with Gasteiger partial charge in [-0.1, -0.05) is 6.42 Å². The van der Waals surface area contributed by atoms with Gasteiger partial charge in [0.05, 0.1) is 11.6 Å². The zero-order chi connectivity index (χ0) is 15.7. The quantitative estimate of drug-likeness (QED) is 0.829. The van der Waals surface area contributed by atoms with Gasteiger partial charge in [0.1, 0.15) is 5.75 Å². The molecule has 3 nitrogen and oxygen atoms in total. The van der Waals surface area contributed by atoms with Crippen molar-refractivity contribution in [1.29, 1.82) is 0 Å². The number of likely N-dealkylation sites (tertiary alicyclic amines) is 1. The van der Waals surface area contributed by atoms with Gasteiger partial charge in [-0.25, -0.2) is 0 Å². The fourth-order valence-electron chi connectivity index (χ4n) is 4.23. The first-order valence-electron chi connectivity index (χ1n) is 8.44. The lowest BCUT2D eigenvalue weighted by Gasteiger charge is -2.27. The van der Waals surface area contributed by atoms with E-state index in [1.807, 2.05) is 0 Å². The lowest BCUT2D eigenvalue weighted by Crippen LogP contribution is -2.22. The fourth-order valence-corrected chi connectivity index (χ4v) is 4.88. The summed E-state index contributed by atoms with van der Waals surface area (Å²) in [5, 5.41) is 0. The smallest absolute Gasteiger partial charge is 0.138 e. The van der Waals surface area contributed by atoms with Crippen LogP contribution in [0.3, 0.4) is 0 Å². The Balaban J connectivity index is 2.10. The predicted molar refractivity (Wildman–Crippen MR) is 94.5 cm³/mol. The number of nitrogens with two attached hydrogens (primary N) is 1. The molecule has 0 spiro atoms. The second-order valence-corrected chi connectivity index (χ2v) is 7.65. The third-order valence-corrected chi connectivity index (χ3v) is 5.94. The maximum Gasteiger partial charge on any atom is 0.138 e. The number of methoxy groups -OCH3 is 1. The molecule has 1 aliphatic carbocycles. The standard InChI is InChI=1S/C18H27BrN2O/c1-21-11-12(10-20)8-16(21)17-14-7-5-3-4-6-13(14)9-15(19)18(17)22-2/h9,12,16H,3-8,10-11,20H2,1-2H3. The Hall–Kier alpha value is -0.580. The van der Waals surface area contributed by atoms with E-state index in [9.17, 15) is 0 Å². The monoisotopic (exact) mass is 366 g/mol. The third kappa shape index (κ3) is 2.93. The molecule has 2 aliphatic rings. The first-order valence-corrected chi connectivity index (χ1v) is 9.23. The lowest BCUT2D eigenvalue weighted by atomic mass is 9.89. The minimum Gasteiger partial charge on any atom is -0.495 e.